The number of nitriles is 4. The predicted octanol–water partition coefficient (Wildman–Crippen LogP) is 9.89. The lowest BCUT2D eigenvalue weighted by atomic mass is 9.80. The zero-order valence-corrected chi connectivity index (χ0v) is 28.5. The molecule has 0 saturated heterocycles. The molecule has 1 fully saturated rings. The molecule has 0 radical (unpaired) electrons. The van der Waals surface area contributed by atoms with Crippen LogP contribution >= 0.6 is 22.7 Å². The summed E-state index contributed by atoms with van der Waals surface area (Å²) in [5.74, 6) is -0.136. The fourth-order valence-electron chi connectivity index (χ4n) is 6.81. The molecule has 1 aliphatic carbocycles. The first-order chi connectivity index (χ1) is 24.0. The highest BCUT2D eigenvalue weighted by Gasteiger charge is 2.38. The van der Waals surface area contributed by atoms with Crippen molar-refractivity contribution in [3.63, 3.8) is 0 Å². The lowest BCUT2D eigenvalue weighted by Gasteiger charge is -2.27. The van der Waals surface area contributed by atoms with Gasteiger partial charge in [0.05, 0.1) is 64.1 Å². The number of hydrogen-bond donors (Lipinski definition) is 2. The summed E-state index contributed by atoms with van der Waals surface area (Å²) in [6.45, 7) is 3.84. The molecule has 49 heavy (non-hydrogen) atoms. The minimum Gasteiger partial charge on any atom is -0.361 e. The maximum absolute atomic E-state index is 9.99. The van der Waals surface area contributed by atoms with Crippen LogP contribution in [0.4, 0.5) is 0 Å². The molecule has 8 heteroatoms. The number of fused-ring (bicyclic) bond motifs is 2. The highest BCUT2D eigenvalue weighted by Crippen LogP contribution is 2.48. The maximum atomic E-state index is 9.99. The molecule has 0 amide bonds. The topological polar surface area (TPSA) is 119 Å². The molecule has 2 aromatic heterocycles. The summed E-state index contributed by atoms with van der Waals surface area (Å²) in [4.78, 5) is 0. The zero-order chi connectivity index (χ0) is 34.1. The average molecular weight is 671 g/mol. The van der Waals surface area contributed by atoms with Gasteiger partial charge in [-0.15, -0.1) is 22.7 Å². The van der Waals surface area contributed by atoms with Gasteiger partial charge in [-0.25, -0.2) is 0 Å². The molecule has 1 saturated carbocycles. The Bertz CT molecular complexity index is 2420. The summed E-state index contributed by atoms with van der Waals surface area (Å²) in [7, 11) is 0. The summed E-state index contributed by atoms with van der Waals surface area (Å²) in [6, 6.07) is 35.6. The van der Waals surface area contributed by atoms with E-state index in [9.17, 15) is 21.0 Å². The minimum absolute atomic E-state index is 0.238. The van der Waals surface area contributed by atoms with E-state index in [2.05, 4.69) is 69.9 Å². The van der Waals surface area contributed by atoms with E-state index in [1.165, 1.54) is 4.70 Å². The van der Waals surface area contributed by atoms with E-state index in [1.807, 2.05) is 68.4 Å². The number of allylic oxidation sites excluding steroid dienone is 7. The molecule has 2 N–H and O–H groups in total. The molecule has 6 nitrogen and oxygen atoms in total. The largest absolute Gasteiger partial charge is 0.361 e. The monoisotopic (exact) mass is 670 g/mol. The number of dihydropyridines is 2. The van der Waals surface area contributed by atoms with Gasteiger partial charge in [0.15, 0.2) is 0 Å². The van der Waals surface area contributed by atoms with E-state index >= 15 is 0 Å². The normalized spacial score (nSPS) is 18.9. The van der Waals surface area contributed by atoms with Crippen LogP contribution < -0.4 is 10.6 Å². The third-order valence-electron chi connectivity index (χ3n) is 9.33. The van der Waals surface area contributed by atoms with Gasteiger partial charge < -0.3 is 10.6 Å². The van der Waals surface area contributed by atoms with Gasteiger partial charge in [0.2, 0.25) is 0 Å². The van der Waals surface area contributed by atoms with E-state index < -0.39 is 0 Å². The van der Waals surface area contributed by atoms with Crippen molar-refractivity contribution in [2.75, 3.05) is 0 Å². The van der Waals surface area contributed by atoms with E-state index in [-0.39, 0.29) is 11.8 Å². The maximum Gasteiger partial charge on any atom is 0.0979 e. The molecule has 8 rings (SSSR count). The molecule has 236 valence electrons. The Morgan fingerprint density at radius 3 is 1.55 bits per heavy atom. The molecule has 2 aliphatic heterocycles. The van der Waals surface area contributed by atoms with Crippen LogP contribution in [0.15, 0.2) is 129 Å². The number of benzene rings is 3. The fourth-order valence-corrected chi connectivity index (χ4v) is 8.79. The smallest absolute Gasteiger partial charge is 0.0979 e. The molecular formula is C41H30N6S2. The first-order valence-corrected chi connectivity index (χ1v) is 17.8. The van der Waals surface area contributed by atoms with Crippen LogP contribution in [0.25, 0.3) is 25.9 Å². The van der Waals surface area contributed by atoms with Crippen molar-refractivity contribution < 1.29 is 0 Å². The van der Waals surface area contributed by atoms with Gasteiger partial charge >= 0.3 is 0 Å². The highest BCUT2D eigenvalue weighted by molar-refractivity contribution is 7.17. The van der Waals surface area contributed by atoms with Gasteiger partial charge in [0.25, 0.3) is 0 Å². The lowest BCUT2D eigenvalue weighted by molar-refractivity contribution is 0.752. The predicted molar refractivity (Wildman–Crippen MR) is 196 cm³/mol. The van der Waals surface area contributed by atoms with Crippen LogP contribution in [-0.4, -0.2) is 0 Å². The van der Waals surface area contributed by atoms with Crippen LogP contribution in [0.5, 0.6) is 0 Å². The quantitative estimate of drug-likeness (QED) is 0.196. The van der Waals surface area contributed by atoms with Gasteiger partial charge in [-0.1, -0.05) is 66.7 Å². The Morgan fingerprint density at radius 1 is 0.571 bits per heavy atom. The van der Waals surface area contributed by atoms with Crippen LogP contribution in [0.1, 0.15) is 55.2 Å². The zero-order valence-electron chi connectivity index (χ0n) is 26.9. The highest BCUT2D eigenvalue weighted by atomic mass is 32.1. The first kappa shape index (κ1) is 31.7. The minimum atomic E-state index is -0.349. The Morgan fingerprint density at radius 2 is 1.04 bits per heavy atom. The van der Waals surface area contributed by atoms with Crippen molar-refractivity contribution in [2.45, 2.75) is 38.5 Å². The van der Waals surface area contributed by atoms with Gasteiger partial charge in [0, 0.05) is 32.4 Å². The molecule has 4 heterocycles. The molecule has 3 aliphatic rings. The van der Waals surface area contributed by atoms with Gasteiger partial charge in [-0.3, -0.25) is 0 Å². The second kappa shape index (κ2) is 13.3. The van der Waals surface area contributed by atoms with Crippen LogP contribution in [-0.2, 0) is 0 Å². The van der Waals surface area contributed by atoms with Crippen LogP contribution in [0.2, 0.25) is 0 Å². The van der Waals surface area contributed by atoms with Crippen LogP contribution in [0, 0.1) is 51.2 Å². The third kappa shape index (κ3) is 5.69. The summed E-state index contributed by atoms with van der Waals surface area (Å²) in [6.07, 6.45) is 2.25. The van der Waals surface area contributed by atoms with Crippen molar-refractivity contribution >= 4 is 48.5 Å². The summed E-state index contributed by atoms with van der Waals surface area (Å²) >= 11 is 3.32. The SMILES string of the molecule is CC1=C(C#N)C(c2csc3ccccc23)C(C#N)=C(C2CC2)N1.CC1=C(C#N)C(c2csc3ccccc23)C(C#N)=C(c2ccccc2)N1. The summed E-state index contributed by atoms with van der Waals surface area (Å²) in [5, 5.41) is 52.3. The Kier molecular flexibility index (Phi) is 8.61. The van der Waals surface area contributed by atoms with Gasteiger partial charge in [0.1, 0.15) is 0 Å². The van der Waals surface area contributed by atoms with E-state index in [1.54, 1.807) is 22.7 Å². The van der Waals surface area contributed by atoms with Crippen molar-refractivity contribution in [1.82, 2.24) is 10.6 Å². The molecule has 3 aromatic carbocycles. The van der Waals surface area contributed by atoms with Crippen molar-refractivity contribution in [3.05, 3.63) is 146 Å². The van der Waals surface area contributed by atoms with E-state index in [4.69, 9.17) is 0 Å². The summed E-state index contributed by atoms with van der Waals surface area (Å²) < 4.78 is 2.36. The van der Waals surface area contributed by atoms with Crippen molar-refractivity contribution in [3.8, 4) is 24.3 Å². The standard InChI is InChI=1S/C22H15N3S.C19H15N3S/c1-14-17(11-23)21(19-13-26-20-10-6-5-9-16(19)20)18(12-24)22(25-14)15-7-3-2-4-8-15;1-11-14(8-20)18(15(9-21)19(22-11)12-6-7-12)16-10-23-17-5-3-2-4-13(16)17/h2-10,13,21,25H,1H3;2-5,10,12,18,22H,6-7H2,1H3. The molecule has 0 bridgehead atoms. The molecule has 0 spiro atoms. The number of thiophene rings is 2. The number of nitrogens with zero attached hydrogens (tertiary/aromatic N) is 4. The van der Waals surface area contributed by atoms with Gasteiger partial charge in [-0.2, -0.15) is 21.0 Å². The average Bonchev–Trinajstić information content (AvgIpc) is 3.76. The second-order valence-electron chi connectivity index (χ2n) is 12.3. The number of hydrogen-bond acceptors (Lipinski definition) is 8. The lowest BCUT2D eigenvalue weighted by Crippen LogP contribution is -2.25. The van der Waals surface area contributed by atoms with Crippen LogP contribution in [0.3, 0.4) is 0 Å². The Hall–Kier alpha value is -5.90. The fraction of sp³-hybridized carbons (Fsp3) is 0.171. The molecule has 5 aromatic rings. The van der Waals surface area contributed by atoms with E-state index in [0.29, 0.717) is 22.6 Å². The number of nitrogens with one attached hydrogen (secondary N) is 2. The Balaban J connectivity index is 0.000000155. The molecular weight excluding hydrogens is 641 g/mol. The van der Waals surface area contributed by atoms with Crippen molar-refractivity contribution in [2.24, 2.45) is 5.92 Å². The van der Waals surface area contributed by atoms with Gasteiger partial charge in [-0.05, 0) is 77.0 Å². The molecule has 2 atom stereocenters. The Labute approximate surface area is 293 Å². The first-order valence-electron chi connectivity index (χ1n) is 16.0. The second-order valence-corrected chi connectivity index (χ2v) is 14.1. The summed E-state index contributed by atoms with van der Waals surface area (Å²) in [5.41, 5.74) is 9.11. The van der Waals surface area contributed by atoms with Crippen molar-refractivity contribution in [1.29, 1.82) is 21.0 Å². The number of rotatable bonds is 4. The van der Waals surface area contributed by atoms with E-state index in [0.717, 1.165) is 73.4 Å². The third-order valence-corrected chi connectivity index (χ3v) is 11.3. The molecule has 2 unspecified atom stereocenters.